The molecule has 0 aliphatic carbocycles. The average Bonchev–Trinajstić information content (AvgIpc) is 2.37. The zero-order valence-corrected chi connectivity index (χ0v) is 9.63. The number of aromatic nitrogens is 1. The van der Waals surface area contributed by atoms with Crippen molar-refractivity contribution in [2.75, 3.05) is 6.54 Å². The fraction of sp³-hybridized carbons (Fsp3) is 0.583. The smallest absolute Gasteiger partial charge is 0.370 e. The van der Waals surface area contributed by atoms with Gasteiger partial charge in [0, 0.05) is 0 Å². The lowest BCUT2D eigenvalue weighted by Crippen LogP contribution is -2.42. The summed E-state index contributed by atoms with van der Waals surface area (Å²) >= 11 is 0. The van der Waals surface area contributed by atoms with E-state index in [2.05, 4.69) is 10.3 Å². The Labute approximate surface area is 102 Å². The van der Waals surface area contributed by atoms with Crippen LogP contribution in [0, 0.1) is 0 Å². The van der Waals surface area contributed by atoms with E-state index in [0.29, 0.717) is 5.69 Å². The Morgan fingerprint density at radius 2 is 2.17 bits per heavy atom. The molecule has 0 aromatic carbocycles. The lowest BCUT2D eigenvalue weighted by Gasteiger charge is -2.37. The van der Waals surface area contributed by atoms with Crippen molar-refractivity contribution in [3.05, 3.63) is 29.1 Å². The second kappa shape index (κ2) is 4.20. The van der Waals surface area contributed by atoms with Crippen LogP contribution in [0.25, 0.3) is 0 Å². The number of alkyl halides is 3. The van der Waals surface area contributed by atoms with Crippen LogP contribution in [0.4, 0.5) is 13.2 Å². The molecule has 3 nitrogen and oxygen atoms in total. The molecule has 1 saturated heterocycles. The molecule has 6 heteroatoms. The number of hydrogen-bond acceptors (Lipinski definition) is 3. The maximum atomic E-state index is 12.6. The number of halogens is 3. The van der Waals surface area contributed by atoms with Crippen molar-refractivity contribution in [2.24, 2.45) is 0 Å². The highest BCUT2D eigenvalue weighted by molar-refractivity contribution is 5.30. The molecule has 2 atom stereocenters. The third-order valence-corrected chi connectivity index (χ3v) is 3.47. The Hall–Kier alpha value is -1.14. The molecule has 1 N–H and O–H groups in total. The molecule has 0 bridgehead atoms. The van der Waals surface area contributed by atoms with E-state index in [4.69, 9.17) is 4.74 Å². The van der Waals surface area contributed by atoms with Crippen LogP contribution in [0.5, 0.6) is 0 Å². The summed E-state index contributed by atoms with van der Waals surface area (Å²) in [6, 6.07) is 2.57. The lowest BCUT2D eigenvalue weighted by atomic mass is 9.91. The normalized spacial score (nSPS) is 27.5. The van der Waals surface area contributed by atoms with Crippen LogP contribution in [0.1, 0.15) is 35.8 Å². The summed E-state index contributed by atoms with van der Waals surface area (Å²) in [5.41, 5.74) is 0.401. The molecule has 1 aromatic heterocycles. The van der Waals surface area contributed by atoms with Crippen molar-refractivity contribution in [3.63, 3.8) is 0 Å². The van der Waals surface area contributed by atoms with Gasteiger partial charge in [-0.05, 0) is 31.0 Å². The Morgan fingerprint density at radius 3 is 2.94 bits per heavy atom. The third kappa shape index (κ3) is 1.99. The first-order chi connectivity index (χ1) is 8.55. The Morgan fingerprint density at radius 1 is 1.33 bits per heavy atom. The lowest BCUT2D eigenvalue weighted by molar-refractivity contribution is -0.141. The number of hydrogen-bond donors (Lipinski definition) is 1. The van der Waals surface area contributed by atoms with Gasteiger partial charge in [0.25, 0.3) is 0 Å². The minimum Gasteiger partial charge on any atom is -0.370 e. The largest absolute Gasteiger partial charge is 0.433 e. The molecular weight excluding hydrogens is 245 g/mol. The van der Waals surface area contributed by atoms with Crippen LogP contribution in [0.15, 0.2) is 12.1 Å². The second-order valence-corrected chi connectivity index (χ2v) is 4.65. The summed E-state index contributed by atoms with van der Waals surface area (Å²) in [5.74, 6) is 0. The first-order valence-electron chi connectivity index (χ1n) is 5.98. The van der Waals surface area contributed by atoms with Gasteiger partial charge in [-0.2, -0.15) is 13.2 Å². The monoisotopic (exact) mass is 258 g/mol. The predicted octanol–water partition coefficient (Wildman–Crippen LogP) is 2.42. The number of nitrogens with zero attached hydrogens (tertiary/aromatic N) is 1. The molecule has 3 rings (SSSR count). The van der Waals surface area contributed by atoms with Gasteiger partial charge in [0.15, 0.2) is 0 Å². The molecule has 18 heavy (non-hydrogen) atoms. The zero-order valence-electron chi connectivity index (χ0n) is 9.63. The van der Waals surface area contributed by atoms with Crippen LogP contribution in [-0.2, 0) is 17.5 Å². The van der Waals surface area contributed by atoms with Gasteiger partial charge in [0.05, 0.1) is 24.4 Å². The summed E-state index contributed by atoms with van der Waals surface area (Å²) in [7, 11) is 0. The van der Waals surface area contributed by atoms with Gasteiger partial charge in [-0.15, -0.1) is 0 Å². The molecule has 0 spiro atoms. The van der Waals surface area contributed by atoms with Crippen molar-refractivity contribution >= 4 is 0 Å². The van der Waals surface area contributed by atoms with Crippen LogP contribution in [0.3, 0.4) is 0 Å². The van der Waals surface area contributed by atoms with Gasteiger partial charge in [-0.1, -0.05) is 6.07 Å². The molecule has 1 fully saturated rings. The van der Waals surface area contributed by atoms with E-state index in [0.717, 1.165) is 31.0 Å². The van der Waals surface area contributed by atoms with Crippen molar-refractivity contribution in [2.45, 2.75) is 37.8 Å². The van der Waals surface area contributed by atoms with E-state index in [1.165, 1.54) is 6.07 Å². The quantitative estimate of drug-likeness (QED) is 0.776. The standard InChI is InChI=1S/C12H13F3N2O/c13-12(14,15)10-4-3-7-8(17-10)6-18-9-2-1-5-16-11(7)9/h3-4,9,11,16H,1-2,5-6H2/t9-,11-/m0/s1. The third-order valence-electron chi connectivity index (χ3n) is 3.47. The molecule has 0 unspecified atom stereocenters. The number of ether oxygens (including phenoxy) is 1. The highest BCUT2D eigenvalue weighted by Crippen LogP contribution is 2.35. The highest BCUT2D eigenvalue weighted by atomic mass is 19.4. The maximum Gasteiger partial charge on any atom is 0.433 e. The van der Waals surface area contributed by atoms with Gasteiger partial charge < -0.3 is 10.1 Å². The van der Waals surface area contributed by atoms with Crippen molar-refractivity contribution in [1.82, 2.24) is 10.3 Å². The Bertz CT molecular complexity index is 461. The summed E-state index contributed by atoms with van der Waals surface area (Å²) in [4.78, 5) is 3.69. The van der Waals surface area contributed by atoms with Gasteiger partial charge in [-0.3, -0.25) is 0 Å². The summed E-state index contributed by atoms with van der Waals surface area (Å²) < 4.78 is 43.3. The number of fused-ring (bicyclic) bond motifs is 3. The second-order valence-electron chi connectivity index (χ2n) is 4.65. The fourth-order valence-corrected chi connectivity index (χ4v) is 2.60. The number of piperidine rings is 1. The van der Waals surface area contributed by atoms with Crippen molar-refractivity contribution < 1.29 is 17.9 Å². The van der Waals surface area contributed by atoms with E-state index >= 15 is 0 Å². The molecular formula is C12H13F3N2O. The summed E-state index contributed by atoms with van der Waals surface area (Å²) in [5, 5.41) is 3.29. The van der Waals surface area contributed by atoms with Gasteiger partial charge in [0.1, 0.15) is 5.69 Å². The minimum atomic E-state index is -4.40. The summed E-state index contributed by atoms with van der Waals surface area (Å²) in [6.45, 7) is 1.03. The molecule has 1 aromatic rings. The summed E-state index contributed by atoms with van der Waals surface area (Å²) in [6.07, 6.45) is -2.36. The van der Waals surface area contributed by atoms with Gasteiger partial charge in [-0.25, -0.2) is 4.98 Å². The molecule has 2 aliphatic heterocycles. The van der Waals surface area contributed by atoms with Crippen LogP contribution in [-0.4, -0.2) is 17.6 Å². The van der Waals surface area contributed by atoms with E-state index in [-0.39, 0.29) is 18.8 Å². The Kier molecular flexibility index (Phi) is 2.79. The van der Waals surface area contributed by atoms with E-state index in [9.17, 15) is 13.2 Å². The van der Waals surface area contributed by atoms with E-state index in [1.807, 2.05) is 0 Å². The number of pyridine rings is 1. The number of nitrogens with one attached hydrogen (secondary N) is 1. The Balaban J connectivity index is 1.96. The SMILES string of the molecule is FC(F)(F)c1ccc2c(n1)CO[C@H]1CCCN[C@@H]21. The van der Waals surface area contributed by atoms with Crippen LogP contribution in [0.2, 0.25) is 0 Å². The predicted molar refractivity (Wildman–Crippen MR) is 57.8 cm³/mol. The topological polar surface area (TPSA) is 34.1 Å². The van der Waals surface area contributed by atoms with Crippen molar-refractivity contribution in [1.29, 1.82) is 0 Å². The van der Waals surface area contributed by atoms with Crippen molar-refractivity contribution in [3.8, 4) is 0 Å². The van der Waals surface area contributed by atoms with E-state index < -0.39 is 11.9 Å². The van der Waals surface area contributed by atoms with Gasteiger partial charge >= 0.3 is 6.18 Å². The zero-order chi connectivity index (χ0) is 12.8. The molecule has 98 valence electrons. The average molecular weight is 258 g/mol. The fourth-order valence-electron chi connectivity index (χ4n) is 2.60. The molecule has 0 amide bonds. The maximum absolute atomic E-state index is 12.6. The van der Waals surface area contributed by atoms with Gasteiger partial charge in [0.2, 0.25) is 0 Å². The minimum absolute atomic E-state index is 0.0164. The number of rotatable bonds is 0. The molecule has 2 aliphatic rings. The first-order valence-corrected chi connectivity index (χ1v) is 5.98. The van der Waals surface area contributed by atoms with Crippen LogP contribution >= 0.6 is 0 Å². The molecule has 0 saturated carbocycles. The molecule has 3 heterocycles. The van der Waals surface area contributed by atoms with Crippen LogP contribution < -0.4 is 5.32 Å². The molecule has 0 radical (unpaired) electrons. The first kappa shape index (κ1) is 11.9. The highest BCUT2D eigenvalue weighted by Gasteiger charge is 2.37. The van der Waals surface area contributed by atoms with E-state index in [1.54, 1.807) is 0 Å².